The predicted octanol–water partition coefficient (Wildman–Crippen LogP) is 14.0. The summed E-state index contributed by atoms with van der Waals surface area (Å²) in [4.78, 5) is 2.45. The minimum atomic E-state index is -0.0860. The van der Waals surface area contributed by atoms with Gasteiger partial charge in [0.2, 0.25) is 0 Å². The predicted molar refractivity (Wildman–Crippen MR) is 226 cm³/mol. The van der Waals surface area contributed by atoms with Crippen LogP contribution >= 0.6 is 0 Å². The number of hydrogen-bond donors (Lipinski definition) is 0. The van der Waals surface area contributed by atoms with Crippen LogP contribution in [0.2, 0.25) is 0 Å². The van der Waals surface area contributed by atoms with Crippen LogP contribution in [0.15, 0.2) is 182 Å². The van der Waals surface area contributed by atoms with Gasteiger partial charge in [-0.15, -0.1) is 0 Å². The summed E-state index contributed by atoms with van der Waals surface area (Å²) in [6.45, 7) is 4.72. The molecule has 1 aliphatic carbocycles. The van der Waals surface area contributed by atoms with Crippen molar-refractivity contribution < 1.29 is 0 Å². The van der Waals surface area contributed by atoms with Crippen molar-refractivity contribution >= 4 is 71.2 Å². The molecule has 9 aromatic carbocycles. The third kappa shape index (κ3) is 4.27. The van der Waals surface area contributed by atoms with Crippen LogP contribution in [-0.4, -0.2) is 4.57 Å². The van der Waals surface area contributed by atoms with Gasteiger partial charge >= 0.3 is 0 Å². The van der Waals surface area contributed by atoms with Crippen molar-refractivity contribution in [3.05, 3.63) is 193 Å². The van der Waals surface area contributed by atoms with Gasteiger partial charge in [0, 0.05) is 38.6 Å². The summed E-state index contributed by atoms with van der Waals surface area (Å²) >= 11 is 0. The summed E-state index contributed by atoms with van der Waals surface area (Å²) in [5.41, 5.74) is 12.3. The third-order valence-electron chi connectivity index (χ3n) is 11.7. The molecule has 0 fully saturated rings. The monoisotopic (exact) mass is 676 g/mol. The zero-order valence-electron chi connectivity index (χ0n) is 29.7. The van der Waals surface area contributed by atoms with Crippen LogP contribution in [0.4, 0.5) is 17.1 Å². The SMILES string of the molecule is CC1(C)c2ccccc2-c2ccc(-n3c4ccccc4c4ccc(N(c5ccccc5)c5cccc6c7ccccc7c7ccccc7c56)cc43)cc21. The lowest BCUT2D eigenvalue weighted by Crippen LogP contribution is -2.15. The number of hydrogen-bond acceptors (Lipinski definition) is 1. The van der Waals surface area contributed by atoms with Gasteiger partial charge in [0.25, 0.3) is 0 Å². The van der Waals surface area contributed by atoms with Gasteiger partial charge in [-0.25, -0.2) is 0 Å². The highest BCUT2D eigenvalue weighted by molar-refractivity contribution is 6.28. The second-order valence-electron chi connectivity index (χ2n) is 14.9. The van der Waals surface area contributed by atoms with E-state index in [4.69, 9.17) is 0 Å². The van der Waals surface area contributed by atoms with Crippen LogP contribution in [0.3, 0.4) is 0 Å². The second kappa shape index (κ2) is 11.2. The van der Waals surface area contributed by atoms with Gasteiger partial charge in [-0.1, -0.05) is 147 Å². The fourth-order valence-corrected chi connectivity index (χ4v) is 9.33. The smallest absolute Gasteiger partial charge is 0.0561 e. The molecule has 250 valence electrons. The van der Waals surface area contributed by atoms with Gasteiger partial charge in [0.05, 0.1) is 16.7 Å². The first-order chi connectivity index (χ1) is 26.1. The van der Waals surface area contributed by atoms with Crippen molar-refractivity contribution in [1.29, 1.82) is 0 Å². The number of para-hydroxylation sites is 2. The molecule has 0 aliphatic heterocycles. The van der Waals surface area contributed by atoms with E-state index in [1.807, 2.05) is 0 Å². The van der Waals surface area contributed by atoms with Gasteiger partial charge in [-0.05, 0) is 97.7 Å². The van der Waals surface area contributed by atoms with Gasteiger partial charge in [0.1, 0.15) is 0 Å². The molecule has 0 bridgehead atoms. The molecule has 0 spiro atoms. The van der Waals surface area contributed by atoms with Gasteiger partial charge in [-0.2, -0.15) is 0 Å². The Morgan fingerprint density at radius 3 is 1.75 bits per heavy atom. The van der Waals surface area contributed by atoms with Crippen LogP contribution in [0.1, 0.15) is 25.0 Å². The standard InChI is InChI=1S/C51H36N2/c1-51(2)45-24-12-10-20-39(45)40-29-27-34(31-46(40)51)53-47-25-13-11-21-41(47)42-30-28-35(32-49(42)53)52(33-15-4-3-5-16-33)48-26-14-23-44-38-18-7-6-17-36(38)37-19-8-9-22-43(37)50(44)48/h3-32H,1-2H3. The van der Waals surface area contributed by atoms with Crippen LogP contribution in [0.5, 0.6) is 0 Å². The highest BCUT2D eigenvalue weighted by atomic mass is 15.1. The van der Waals surface area contributed by atoms with E-state index in [-0.39, 0.29) is 5.41 Å². The molecule has 1 heterocycles. The highest BCUT2D eigenvalue weighted by Crippen LogP contribution is 2.50. The molecule has 0 radical (unpaired) electrons. The molecular formula is C51H36N2. The average molecular weight is 677 g/mol. The van der Waals surface area contributed by atoms with Crippen LogP contribution in [-0.2, 0) is 5.41 Å². The van der Waals surface area contributed by atoms with Crippen molar-refractivity contribution in [1.82, 2.24) is 4.57 Å². The number of benzene rings is 9. The molecule has 10 aromatic rings. The summed E-state index contributed by atoms with van der Waals surface area (Å²) < 4.78 is 2.47. The lowest BCUT2D eigenvalue weighted by atomic mass is 9.82. The first kappa shape index (κ1) is 30.0. The van der Waals surface area contributed by atoms with Gasteiger partial charge in [-0.3, -0.25) is 0 Å². The normalized spacial score (nSPS) is 13.2. The maximum atomic E-state index is 2.47. The molecule has 1 aliphatic rings. The van der Waals surface area contributed by atoms with Crippen molar-refractivity contribution in [2.45, 2.75) is 19.3 Å². The van der Waals surface area contributed by atoms with Crippen LogP contribution in [0, 0.1) is 0 Å². The molecule has 53 heavy (non-hydrogen) atoms. The Morgan fingerprint density at radius 1 is 0.396 bits per heavy atom. The lowest BCUT2D eigenvalue weighted by Gasteiger charge is -2.28. The third-order valence-corrected chi connectivity index (χ3v) is 11.7. The van der Waals surface area contributed by atoms with Crippen LogP contribution in [0.25, 0.3) is 70.9 Å². The molecule has 0 atom stereocenters. The van der Waals surface area contributed by atoms with E-state index < -0.39 is 0 Å². The van der Waals surface area contributed by atoms with Crippen molar-refractivity contribution in [3.63, 3.8) is 0 Å². The topological polar surface area (TPSA) is 8.17 Å². The summed E-state index contributed by atoms with van der Waals surface area (Å²) in [5.74, 6) is 0. The molecule has 0 saturated heterocycles. The number of fused-ring (bicyclic) bond motifs is 12. The maximum absolute atomic E-state index is 2.47. The average Bonchev–Trinajstić information content (AvgIpc) is 3.66. The largest absolute Gasteiger partial charge is 0.310 e. The molecular weight excluding hydrogens is 641 g/mol. The Hall–Kier alpha value is -6.64. The van der Waals surface area contributed by atoms with E-state index >= 15 is 0 Å². The van der Waals surface area contributed by atoms with E-state index in [1.54, 1.807) is 0 Å². The zero-order chi connectivity index (χ0) is 35.3. The van der Waals surface area contributed by atoms with E-state index in [9.17, 15) is 0 Å². The maximum Gasteiger partial charge on any atom is 0.0561 e. The molecule has 11 rings (SSSR count). The van der Waals surface area contributed by atoms with Gasteiger partial charge < -0.3 is 9.47 Å². The van der Waals surface area contributed by atoms with E-state index in [1.165, 1.54) is 82.1 Å². The molecule has 0 N–H and O–H groups in total. The number of aromatic nitrogens is 1. The Balaban J connectivity index is 1.19. The molecule has 2 nitrogen and oxygen atoms in total. The summed E-state index contributed by atoms with van der Waals surface area (Å²) in [5, 5.41) is 10.1. The van der Waals surface area contributed by atoms with E-state index in [0.29, 0.717) is 0 Å². The highest BCUT2D eigenvalue weighted by Gasteiger charge is 2.35. The molecule has 1 aromatic heterocycles. The summed E-state index contributed by atoms with van der Waals surface area (Å²) in [7, 11) is 0. The number of nitrogens with zero attached hydrogens (tertiary/aromatic N) is 2. The van der Waals surface area contributed by atoms with Crippen molar-refractivity contribution in [3.8, 4) is 16.8 Å². The van der Waals surface area contributed by atoms with Gasteiger partial charge in [0.15, 0.2) is 0 Å². The fraction of sp³-hybridized carbons (Fsp3) is 0.0588. The first-order valence-electron chi connectivity index (χ1n) is 18.5. The van der Waals surface area contributed by atoms with Crippen LogP contribution < -0.4 is 4.90 Å². The fourth-order valence-electron chi connectivity index (χ4n) is 9.33. The minimum Gasteiger partial charge on any atom is -0.310 e. The van der Waals surface area contributed by atoms with E-state index in [0.717, 1.165) is 17.1 Å². The Labute approximate surface area is 308 Å². The molecule has 0 unspecified atom stereocenters. The zero-order valence-corrected chi connectivity index (χ0v) is 29.7. The lowest BCUT2D eigenvalue weighted by molar-refractivity contribution is 0.660. The number of rotatable bonds is 4. The Morgan fingerprint density at radius 2 is 0.981 bits per heavy atom. The second-order valence-corrected chi connectivity index (χ2v) is 14.9. The molecule has 2 heteroatoms. The number of anilines is 3. The molecule has 0 saturated carbocycles. The van der Waals surface area contributed by atoms with Crippen molar-refractivity contribution in [2.75, 3.05) is 4.90 Å². The van der Waals surface area contributed by atoms with E-state index in [2.05, 4.69) is 205 Å². The quantitative estimate of drug-likeness (QED) is 0.168. The van der Waals surface area contributed by atoms with Crippen molar-refractivity contribution in [2.24, 2.45) is 0 Å². The summed E-state index contributed by atoms with van der Waals surface area (Å²) in [6.07, 6.45) is 0. The summed E-state index contributed by atoms with van der Waals surface area (Å²) in [6, 6.07) is 67.2. The Bertz CT molecular complexity index is 3050. The first-order valence-corrected chi connectivity index (χ1v) is 18.5. The Kier molecular flexibility index (Phi) is 6.33. The molecule has 0 amide bonds. The minimum absolute atomic E-state index is 0.0860.